The summed E-state index contributed by atoms with van der Waals surface area (Å²) in [7, 11) is 0. The van der Waals surface area contributed by atoms with E-state index in [2.05, 4.69) is 48.2 Å². The van der Waals surface area contributed by atoms with Gasteiger partial charge in [0, 0.05) is 30.9 Å². The predicted molar refractivity (Wildman–Crippen MR) is 97.0 cm³/mol. The van der Waals surface area contributed by atoms with E-state index in [0.29, 0.717) is 18.4 Å². The monoisotopic (exact) mass is 326 g/mol. The topological polar surface area (TPSA) is 58.1 Å². The molecule has 128 valence electrons. The summed E-state index contributed by atoms with van der Waals surface area (Å²) in [5, 5.41) is 4.63. The third-order valence-corrected chi connectivity index (χ3v) is 4.56. The number of hydrogen-bond acceptors (Lipinski definition) is 4. The van der Waals surface area contributed by atoms with Crippen LogP contribution in [0.25, 0.3) is 10.9 Å². The predicted octanol–water partition coefficient (Wildman–Crippen LogP) is 3.39. The van der Waals surface area contributed by atoms with Crippen molar-refractivity contribution in [3.63, 3.8) is 0 Å². The van der Waals surface area contributed by atoms with Gasteiger partial charge in [-0.15, -0.1) is 0 Å². The molecule has 1 aromatic carbocycles. The number of aromatic nitrogens is 2. The molecule has 0 spiro atoms. The van der Waals surface area contributed by atoms with Gasteiger partial charge >= 0.3 is 0 Å². The summed E-state index contributed by atoms with van der Waals surface area (Å²) in [6.45, 7) is 7.91. The Kier molecular flexibility index (Phi) is 4.97. The van der Waals surface area contributed by atoms with E-state index >= 15 is 0 Å². The van der Waals surface area contributed by atoms with Crippen LogP contribution in [0.15, 0.2) is 24.5 Å². The first-order valence-corrected chi connectivity index (χ1v) is 8.78. The molecular formula is C19H26N4O. The molecule has 24 heavy (non-hydrogen) atoms. The lowest BCUT2D eigenvalue weighted by molar-refractivity contribution is -0.132. The number of aryl methyl sites for hydroxylation is 1. The number of fused-ring (bicyclic) bond motifs is 1. The van der Waals surface area contributed by atoms with Gasteiger partial charge in [0.15, 0.2) is 0 Å². The number of carbonyl (C=O) groups is 1. The Morgan fingerprint density at radius 1 is 1.29 bits per heavy atom. The van der Waals surface area contributed by atoms with Gasteiger partial charge in [0.2, 0.25) is 5.91 Å². The largest absolute Gasteiger partial charge is 0.367 e. The molecule has 1 N–H and O–H groups in total. The van der Waals surface area contributed by atoms with Gasteiger partial charge in [0.05, 0.1) is 5.52 Å². The van der Waals surface area contributed by atoms with Gasteiger partial charge in [-0.25, -0.2) is 9.97 Å². The summed E-state index contributed by atoms with van der Waals surface area (Å²) >= 11 is 0. The molecule has 0 saturated carbocycles. The molecule has 1 amide bonds. The number of likely N-dealkylation sites (tertiary alicyclic amines) is 1. The molecule has 0 aliphatic carbocycles. The Balaban J connectivity index is 1.64. The highest BCUT2D eigenvalue weighted by molar-refractivity contribution is 5.89. The lowest BCUT2D eigenvalue weighted by Gasteiger charge is -2.33. The summed E-state index contributed by atoms with van der Waals surface area (Å²) in [4.78, 5) is 22.9. The van der Waals surface area contributed by atoms with Crippen LogP contribution in [-0.2, 0) is 4.79 Å². The van der Waals surface area contributed by atoms with Gasteiger partial charge < -0.3 is 10.2 Å². The Bertz CT molecular complexity index is 720. The number of nitrogens with zero attached hydrogens (tertiary/aromatic N) is 3. The van der Waals surface area contributed by atoms with Crippen molar-refractivity contribution in [3.8, 4) is 0 Å². The normalized spacial score (nSPS) is 15.9. The van der Waals surface area contributed by atoms with Crippen molar-refractivity contribution < 1.29 is 4.79 Å². The fraction of sp³-hybridized carbons (Fsp3) is 0.526. The molecule has 5 nitrogen and oxygen atoms in total. The summed E-state index contributed by atoms with van der Waals surface area (Å²) in [6.07, 6.45) is 4.18. The lowest BCUT2D eigenvalue weighted by Crippen LogP contribution is -2.42. The van der Waals surface area contributed by atoms with Crippen LogP contribution in [0, 0.1) is 12.8 Å². The zero-order chi connectivity index (χ0) is 17.1. The summed E-state index contributed by atoms with van der Waals surface area (Å²) < 4.78 is 0. The quantitative estimate of drug-likeness (QED) is 0.935. The molecule has 0 atom stereocenters. The summed E-state index contributed by atoms with van der Waals surface area (Å²) in [6, 6.07) is 6.58. The maximum atomic E-state index is 12.2. The van der Waals surface area contributed by atoms with Gasteiger partial charge in [-0.3, -0.25) is 4.79 Å². The number of carbonyl (C=O) groups excluding carboxylic acids is 1. The van der Waals surface area contributed by atoms with Crippen LogP contribution >= 0.6 is 0 Å². The molecule has 0 unspecified atom stereocenters. The number of hydrogen-bond donors (Lipinski definition) is 1. The molecule has 2 aromatic rings. The minimum absolute atomic E-state index is 0.284. The van der Waals surface area contributed by atoms with Crippen molar-refractivity contribution in [1.82, 2.24) is 14.9 Å². The Morgan fingerprint density at radius 3 is 2.75 bits per heavy atom. The van der Waals surface area contributed by atoms with E-state index in [0.717, 1.165) is 42.7 Å². The van der Waals surface area contributed by atoms with E-state index in [1.54, 1.807) is 6.33 Å². The zero-order valence-electron chi connectivity index (χ0n) is 14.7. The van der Waals surface area contributed by atoms with Crippen molar-refractivity contribution in [1.29, 1.82) is 0 Å². The first kappa shape index (κ1) is 16.7. The third-order valence-electron chi connectivity index (χ3n) is 4.56. The van der Waals surface area contributed by atoms with E-state index in [9.17, 15) is 4.79 Å². The maximum Gasteiger partial charge on any atom is 0.222 e. The van der Waals surface area contributed by atoms with Crippen molar-refractivity contribution in [2.45, 2.75) is 46.1 Å². The highest BCUT2D eigenvalue weighted by Crippen LogP contribution is 2.23. The van der Waals surface area contributed by atoms with Crippen LogP contribution in [0.3, 0.4) is 0 Å². The van der Waals surface area contributed by atoms with E-state index in [1.807, 2.05) is 11.0 Å². The Hall–Kier alpha value is -2.17. The maximum absolute atomic E-state index is 12.2. The molecule has 0 radical (unpaired) electrons. The highest BCUT2D eigenvalue weighted by atomic mass is 16.2. The summed E-state index contributed by atoms with van der Waals surface area (Å²) in [5.74, 6) is 1.60. The van der Waals surface area contributed by atoms with Crippen LogP contribution in [-0.4, -0.2) is 39.9 Å². The van der Waals surface area contributed by atoms with Crippen molar-refractivity contribution in [2.24, 2.45) is 5.92 Å². The lowest BCUT2D eigenvalue weighted by atomic mass is 10.0. The molecule has 5 heteroatoms. The molecular weight excluding hydrogens is 300 g/mol. The number of amides is 1. The van der Waals surface area contributed by atoms with Crippen molar-refractivity contribution in [3.05, 3.63) is 30.1 Å². The van der Waals surface area contributed by atoms with Crippen LogP contribution in [0.4, 0.5) is 5.82 Å². The third kappa shape index (κ3) is 3.83. The van der Waals surface area contributed by atoms with Crippen LogP contribution in [0.2, 0.25) is 0 Å². The number of piperidine rings is 1. The van der Waals surface area contributed by atoms with E-state index in [4.69, 9.17) is 0 Å². The molecule has 3 rings (SSSR count). The number of benzene rings is 1. The Labute approximate surface area is 143 Å². The van der Waals surface area contributed by atoms with Gasteiger partial charge in [0.1, 0.15) is 12.1 Å². The minimum atomic E-state index is 0.284. The molecule has 1 saturated heterocycles. The van der Waals surface area contributed by atoms with E-state index < -0.39 is 0 Å². The van der Waals surface area contributed by atoms with E-state index in [-0.39, 0.29) is 5.91 Å². The SMILES string of the molecule is Cc1ccc2ncnc(NC3CCN(C(=O)CC(C)C)CC3)c2c1. The van der Waals surface area contributed by atoms with Crippen LogP contribution < -0.4 is 5.32 Å². The fourth-order valence-electron chi connectivity index (χ4n) is 3.23. The van der Waals surface area contributed by atoms with Gasteiger partial charge in [0.25, 0.3) is 0 Å². The highest BCUT2D eigenvalue weighted by Gasteiger charge is 2.23. The summed E-state index contributed by atoms with van der Waals surface area (Å²) in [5.41, 5.74) is 2.16. The van der Waals surface area contributed by atoms with Crippen molar-refractivity contribution >= 4 is 22.6 Å². The zero-order valence-corrected chi connectivity index (χ0v) is 14.7. The van der Waals surface area contributed by atoms with E-state index in [1.165, 1.54) is 5.56 Å². The second-order valence-electron chi connectivity index (χ2n) is 7.14. The number of nitrogens with one attached hydrogen (secondary N) is 1. The van der Waals surface area contributed by atoms with Crippen LogP contribution in [0.5, 0.6) is 0 Å². The molecule has 1 aromatic heterocycles. The van der Waals surface area contributed by atoms with Gasteiger partial charge in [-0.1, -0.05) is 25.5 Å². The fourth-order valence-corrected chi connectivity index (χ4v) is 3.23. The standard InChI is InChI=1S/C19H26N4O/c1-13(2)10-18(24)23-8-6-15(7-9-23)22-19-16-11-14(3)4-5-17(16)20-12-21-19/h4-5,11-13,15H,6-10H2,1-3H3,(H,20,21,22). The molecule has 1 fully saturated rings. The minimum Gasteiger partial charge on any atom is -0.367 e. The average Bonchev–Trinajstić information content (AvgIpc) is 2.55. The Morgan fingerprint density at radius 2 is 2.04 bits per heavy atom. The first-order valence-electron chi connectivity index (χ1n) is 8.78. The number of anilines is 1. The molecule has 1 aliphatic heterocycles. The number of rotatable bonds is 4. The van der Waals surface area contributed by atoms with Crippen LogP contribution in [0.1, 0.15) is 38.7 Å². The van der Waals surface area contributed by atoms with Gasteiger partial charge in [-0.05, 0) is 37.8 Å². The second-order valence-corrected chi connectivity index (χ2v) is 7.14. The first-order chi connectivity index (χ1) is 11.5. The van der Waals surface area contributed by atoms with Gasteiger partial charge in [-0.2, -0.15) is 0 Å². The molecule has 2 heterocycles. The molecule has 0 bridgehead atoms. The molecule has 1 aliphatic rings. The smallest absolute Gasteiger partial charge is 0.222 e. The second kappa shape index (κ2) is 7.16. The average molecular weight is 326 g/mol. The van der Waals surface area contributed by atoms with Crippen molar-refractivity contribution in [2.75, 3.05) is 18.4 Å².